The van der Waals surface area contributed by atoms with Crippen LogP contribution in [0.25, 0.3) is 0 Å². The molecule has 1 saturated carbocycles. The number of hydrogen-bond donors (Lipinski definition) is 1. The molecule has 1 aromatic heterocycles. The maximum absolute atomic E-state index is 3.73. The standard InChI is InChI=1S/C14H22BrNS/c1-2-11-4-3-5-13(7-6-11)16-9-14-8-12(15)10-17-14/h8,10-11,13,16H,2-7,9H2,1H3. The van der Waals surface area contributed by atoms with Crippen LogP contribution in [0.1, 0.15) is 50.3 Å². The van der Waals surface area contributed by atoms with Crippen molar-refractivity contribution in [1.82, 2.24) is 5.32 Å². The van der Waals surface area contributed by atoms with Gasteiger partial charge in [0.2, 0.25) is 0 Å². The topological polar surface area (TPSA) is 12.0 Å². The first-order chi connectivity index (χ1) is 8.28. The molecule has 0 spiro atoms. The summed E-state index contributed by atoms with van der Waals surface area (Å²) in [5.74, 6) is 0.984. The first-order valence-electron chi connectivity index (χ1n) is 6.74. The summed E-state index contributed by atoms with van der Waals surface area (Å²) in [5.41, 5.74) is 0. The van der Waals surface area contributed by atoms with Crippen molar-refractivity contribution in [3.05, 3.63) is 20.8 Å². The Labute approximate surface area is 117 Å². The van der Waals surface area contributed by atoms with E-state index in [4.69, 9.17) is 0 Å². The molecule has 1 aromatic rings. The highest BCUT2D eigenvalue weighted by Crippen LogP contribution is 2.26. The molecule has 1 nitrogen and oxygen atoms in total. The molecule has 0 aromatic carbocycles. The Morgan fingerprint density at radius 1 is 1.35 bits per heavy atom. The van der Waals surface area contributed by atoms with Crippen molar-refractivity contribution in [3.63, 3.8) is 0 Å². The summed E-state index contributed by atoms with van der Waals surface area (Å²) < 4.78 is 1.21. The summed E-state index contributed by atoms with van der Waals surface area (Å²) in [7, 11) is 0. The van der Waals surface area contributed by atoms with Gasteiger partial charge >= 0.3 is 0 Å². The Bertz CT molecular complexity index is 337. The largest absolute Gasteiger partial charge is 0.309 e. The third-order valence-electron chi connectivity index (χ3n) is 3.85. The van der Waals surface area contributed by atoms with Crippen LogP contribution < -0.4 is 5.32 Å². The molecule has 96 valence electrons. The number of rotatable bonds is 4. The summed E-state index contributed by atoms with van der Waals surface area (Å²) in [5, 5.41) is 5.89. The Kier molecular flexibility index (Phi) is 5.51. The summed E-state index contributed by atoms with van der Waals surface area (Å²) in [6, 6.07) is 2.97. The van der Waals surface area contributed by atoms with Crippen LogP contribution in [0.2, 0.25) is 0 Å². The summed E-state index contributed by atoms with van der Waals surface area (Å²) in [6.07, 6.45) is 8.37. The van der Waals surface area contributed by atoms with Crippen molar-refractivity contribution in [2.24, 2.45) is 5.92 Å². The second kappa shape index (κ2) is 6.91. The Morgan fingerprint density at radius 3 is 2.94 bits per heavy atom. The molecule has 0 bridgehead atoms. The van der Waals surface area contributed by atoms with Crippen LogP contribution in [0.3, 0.4) is 0 Å². The summed E-state index contributed by atoms with van der Waals surface area (Å²) in [4.78, 5) is 1.44. The molecule has 1 heterocycles. The zero-order valence-electron chi connectivity index (χ0n) is 10.5. The fourth-order valence-electron chi connectivity index (χ4n) is 2.68. The molecule has 2 unspecified atom stereocenters. The molecule has 1 aliphatic carbocycles. The van der Waals surface area contributed by atoms with E-state index in [1.807, 2.05) is 11.3 Å². The van der Waals surface area contributed by atoms with Crippen molar-refractivity contribution in [1.29, 1.82) is 0 Å². The number of halogens is 1. The lowest BCUT2D eigenvalue weighted by molar-refractivity contribution is 0.426. The molecule has 0 radical (unpaired) electrons. The number of thiophene rings is 1. The van der Waals surface area contributed by atoms with Gasteiger partial charge in [-0.25, -0.2) is 0 Å². The first-order valence-corrected chi connectivity index (χ1v) is 8.41. The van der Waals surface area contributed by atoms with Gasteiger partial charge in [-0.2, -0.15) is 0 Å². The minimum Gasteiger partial charge on any atom is -0.309 e. The zero-order chi connectivity index (χ0) is 12.1. The van der Waals surface area contributed by atoms with Crippen molar-refractivity contribution in [3.8, 4) is 0 Å². The van der Waals surface area contributed by atoms with Crippen LogP contribution in [-0.2, 0) is 6.54 Å². The fraction of sp³-hybridized carbons (Fsp3) is 0.714. The fourth-order valence-corrected chi connectivity index (χ4v) is 4.08. The van der Waals surface area contributed by atoms with E-state index in [0.29, 0.717) is 0 Å². The van der Waals surface area contributed by atoms with Gasteiger partial charge in [0.1, 0.15) is 0 Å². The highest BCUT2D eigenvalue weighted by molar-refractivity contribution is 9.10. The van der Waals surface area contributed by atoms with E-state index in [1.54, 1.807) is 0 Å². The second-order valence-electron chi connectivity index (χ2n) is 5.09. The van der Waals surface area contributed by atoms with Crippen molar-refractivity contribution in [2.75, 3.05) is 0 Å². The first kappa shape index (κ1) is 13.6. The van der Waals surface area contributed by atoms with Gasteiger partial charge in [0.25, 0.3) is 0 Å². The SMILES string of the molecule is CCC1CCCC(NCc2cc(Br)cs2)CC1. The molecule has 1 aliphatic rings. The maximum Gasteiger partial charge on any atom is 0.0302 e. The van der Waals surface area contributed by atoms with Gasteiger partial charge in [0.05, 0.1) is 0 Å². The van der Waals surface area contributed by atoms with E-state index in [1.165, 1.54) is 47.9 Å². The Hall–Kier alpha value is 0.140. The highest BCUT2D eigenvalue weighted by Gasteiger charge is 2.17. The van der Waals surface area contributed by atoms with Gasteiger partial charge in [-0.05, 0) is 47.2 Å². The summed E-state index contributed by atoms with van der Waals surface area (Å²) >= 11 is 5.35. The Morgan fingerprint density at radius 2 is 2.24 bits per heavy atom. The molecule has 3 heteroatoms. The predicted octanol–water partition coefficient (Wildman–Crippen LogP) is 4.96. The third-order valence-corrected chi connectivity index (χ3v) is 5.55. The molecule has 0 aliphatic heterocycles. The molecule has 0 saturated heterocycles. The normalized spacial score (nSPS) is 25.8. The lowest BCUT2D eigenvalue weighted by Gasteiger charge is -2.16. The van der Waals surface area contributed by atoms with Gasteiger partial charge in [-0.15, -0.1) is 11.3 Å². The highest BCUT2D eigenvalue weighted by atomic mass is 79.9. The average molecular weight is 316 g/mol. The molecule has 2 atom stereocenters. The Balaban J connectivity index is 1.75. The third kappa shape index (κ3) is 4.38. The van der Waals surface area contributed by atoms with E-state index in [0.717, 1.165) is 18.5 Å². The molecule has 0 amide bonds. The second-order valence-corrected chi connectivity index (χ2v) is 7.00. The van der Waals surface area contributed by atoms with Crippen LogP contribution in [0.5, 0.6) is 0 Å². The van der Waals surface area contributed by atoms with Crippen molar-refractivity contribution >= 4 is 27.3 Å². The average Bonchev–Trinajstić information content (AvgIpc) is 2.63. The van der Waals surface area contributed by atoms with Gasteiger partial charge in [-0.1, -0.05) is 26.2 Å². The number of nitrogens with one attached hydrogen (secondary N) is 1. The van der Waals surface area contributed by atoms with Gasteiger partial charge in [-0.3, -0.25) is 0 Å². The van der Waals surface area contributed by atoms with Crippen LogP contribution in [-0.4, -0.2) is 6.04 Å². The van der Waals surface area contributed by atoms with E-state index < -0.39 is 0 Å². The monoisotopic (exact) mass is 315 g/mol. The molecular formula is C14H22BrNS. The van der Waals surface area contributed by atoms with E-state index >= 15 is 0 Å². The van der Waals surface area contributed by atoms with Gasteiger partial charge in [0, 0.05) is 27.3 Å². The van der Waals surface area contributed by atoms with Gasteiger partial charge < -0.3 is 5.32 Å². The molecular weight excluding hydrogens is 294 g/mol. The van der Waals surface area contributed by atoms with Gasteiger partial charge in [0.15, 0.2) is 0 Å². The van der Waals surface area contributed by atoms with Crippen LogP contribution in [0.15, 0.2) is 15.9 Å². The maximum atomic E-state index is 3.73. The van der Waals surface area contributed by atoms with Crippen molar-refractivity contribution < 1.29 is 0 Å². The predicted molar refractivity (Wildman–Crippen MR) is 79.5 cm³/mol. The van der Waals surface area contributed by atoms with E-state index in [9.17, 15) is 0 Å². The quantitative estimate of drug-likeness (QED) is 0.774. The van der Waals surface area contributed by atoms with Crippen LogP contribution >= 0.6 is 27.3 Å². The number of hydrogen-bond acceptors (Lipinski definition) is 2. The minimum absolute atomic E-state index is 0.743. The smallest absolute Gasteiger partial charge is 0.0302 e. The lowest BCUT2D eigenvalue weighted by Crippen LogP contribution is -2.27. The van der Waals surface area contributed by atoms with E-state index in [2.05, 4.69) is 39.6 Å². The van der Waals surface area contributed by atoms with Crippen LogP contribution in [0.4, 0.5) is 0 Å². The lowest BCUT2D eigenvalue weighted by atomic mass is 9.98. The van der Waals surface area contributed by atoms with Crippen LogP contribution in [0, 0.1) is 5.92 Å². The zero-order valence-corrected chi connectivity index (χ0v) is 12.9. The molecule has 1 N–H and O–H groups in total. The minimum atomic E-state index is 0.743. The van der Waals surface area contributed by atoms with Crippen molar-refractivity contribution in [2.45, 2.75) is 58.0 Å². The molecule has 2 rings (SSSR count). The molecule has 17 heavy (non-hydrogen) atoms. The molecule has 1 fully saturated rings. The van der Waals surface area contributed by atoms with E-state index in [-0.39, 0.29) is 0 Å². The summed E-state index contributed by atoms with van der Waals surface area (Å²) in [6.45, 7) is 3.37.